The van der Waals surface area contributed by atoms with E-state index in [0.717, 1.165) is 23.0 Å². The number of carbonyl (C=O) groups excluding carboxylic acids is 1. The van der Waals surface area contributed by atoms with Crippen molar-refractivity contribution in [3.63, 3.8) is 0 Å². The molecule has 1 aliphatic heterocycles. The molecule has 4 nitrogen and oxygen atoms in total. The fourth-order valence-electron chi connectivity index (χ4n) is 3.46. The zero-order valence-corrected chi connectivity index (χ0v) is 13.3. The van der Waals surface area contributed by atoms with Crippen molar-refractivity contribution in [2.45, 2.75) is 5.92 Å². The van der Waals surface area contributed by atoms with Crippen molar-refractivity contribution in [3.8, 4) is 0 Å². The minimum Gasteiger partial charge on any atom is -0.325 e. The maximum Gasteiger partial charge on any atom is 0.229 e. The molecule has 1 saturated heterocycles. The second-order valence-electron chi connectivity index (χ2n) is 6.17. The molecule has 2 unspecified atom stereocenters. The van der Waals surface area contributed by atoms with Crippen molar-refractivity contribution in [2.24, 2.45) is 5.92 Å². The Hall–Kier alpha value is -2.72. The Bertz CT molecular complexity index is 858. The quantitative estimate of drug-likeness (QED) is 0.780. The van der Waals surface area contributed by atoms with E-state index in [1.165, 1.54) is 5.56 Å². The van der Waals surface area contributed by atoms with Crippen LogP contribution in [-0.2, 0) is 4.79 Å². The predicted octanol–water partition coefficient (Wildman–Crippen LogP) is 3.18. The Kier molecular flexibility index (Phi) is 3.97. The summed E-state index contributed by atoms with van der Waals surface area (Å²) in [7, 11) is 0. The van der Waals surface area contributed by atoms with Gasteiger partial charge >= 0.3 is 0 Å². The summed E-state index contributed by atoms with van der Waals surface area (Å²) in [5.74, 6) is 0.213. The number of pyridine rings is 1. The molecule has 0 bridgehead atoms. The standard InChI is InChI=1S/C20H19N3O/c24-20(18-13-22-12-17(18)14-5-2-1-3-6-14)23-19-8-4-7-15-11-21-10-9-16(15)19/h1-11,17-18,22H,12-13H2,(H,23,24). The van der Waals surface area contributed by atoms with Gasteiger partial charge in [0.15, 0.2) is 0 Å². The van der Waals surface area contributed by atoms with Crippen LogP contribution >= 0.6 is 0 Å². The van der Waals surface area contributed by atoms with Gasteiger partial charge in [-0.2, -0.15) is 0 Å². The van der Waals surface area contributed by atoms with Gasteiger partial charge < -0.3 is 10.6 Å². The van der Waals surface area contributed by atoms with Crippen molar-refractivity contribution in [2.75, 3.05) is 18.4 Å². The van der Waals surface area contributed by atoms with Gasteiger partial charge in [0, 0.05) is 47.9 Å². The van der Waals surface area contributed by atoms with Crippen LogP contribution in [0.25, 0.3) is 10.8 Å². The number of rotatable bonds is 3. The molecule has 24 heavy (non-hydrogen) atoms. The molecule has 2 heterocycles. The number of hydrogen-bond acceptors (Lipinski definition) is 3. The highest BCUT2D eigenvalue weighted by Gasteiger charge is 2.33. The largest absolute Gasteiger partial charge is 0.325 e. The first-order valence-corrected chi connectivity index (χ1v) is 8.22. The van der Waals surface area contributed by atoms with Gasteiger partial charge in [-0.05, 0) is 17.7 Å². The summed E-state index contributed by atoms with van der Waals surface area (Å²) in [6, 6.07) is 18.1. The van der Waals surface area contributed by atoms with E-state index in [1.54, 1.807) is 6.20 Å². The number of hydrogen-bond donors (Lipinski definition) is 2. The number of benzene rings is 2. The van der Waals surface area contributed by atoms with Crippen LogP contribution in [0.4, 0.5) is 5.69 Å². The number of amides is 1. The molecule has 2 aromatic carbocycles. The SMILES string of the molecule is O=C(Nc1cccc2cnccc12)C1CNCC1c1ccccc1. The first kappa shape index (κ1) is 14.8. The normalized spacial score (nSPS) is 20.2. The van der Waals surface area contributed by atoms with Gasteiger partial charge in [-0.1, -0.05) is 42.5 Å². The molecule has 2 N–H and O–H groups in total. The van der Waals surface area contributed by atoms with Crippen LogP contribution in [-0.4, -0.2) is 24.0 Å². The van der Waals surface area contributed by atoms with Crippen LogP contribution in [0.5, 0.6) is 0 Å². The van der Waals surface area contributed by atoms with Crippen LogP contribution in [0, 0.1) is 5.92 Å². The van der Waals surface area contributed by atoms with Crippen LogP contribution < -0.4 is 10.6 Å². The first-order valence-electron chi connectivity index (χ1n) is 8.22. The molecular weight excluding hydrogens is 298 g/mol. The molecule has 4 heteroatoms. The monoisotopic (exact) mass is 317 g/mol. The number of fused-ring (bicyclic) bond motifs is 1. The molecule has 0 saturated carbocycles. The average molecular weight is 317 g/mol. The zero-order chi connectivity index (χ0) is 16.4. The van der Waals surface area contributed by atoms with Crippen LogP contribution in [0.3, 0.4) is 0 Å². The van der Waals surface area contributed by atoms with Crippen molar-refractivity contribution in [3.05, 3.63) is 72.6 Å². The fraction of sp³-hybridized carbons (Fsp3) is 0.200. The number of nitrogens with zero attached hydrogens (tertiary/aromatic N) is 1. The third-order valence-corrected chi connectivity index (χ3v) is 4.72. The summed E-state index contributed by atoms with van der Waals surface area (Å²) in [5.41, 5.74) is 2.06. The lowest BCUT2D eigenvalue weighted by atomic mass is 9.88. The van der Waals surface area contributed by atoms with Crippen molar-refractivity contribution < 1.29 is 4.79 Å². The van der Waals surface area contributed by atoms with Gasteiger partial charge in [-0.3, -0.25) is 9.78 Å². The molecule has 4 rings (SSSR count). The molecule has 1 aromatic heterocycles. The van der Waals surface area contributed by atoms with E-state index in [2.05, 4.69) is 27.8 Å². The molecular formula is C20H19N3O. The highest BCUT2D eigenvalue weighted by Crippen LogP contribution is 2.30. The fourth-order valence-corrected chi connectivity index (χ4v) is 3.46. The van der Waals surface area contributed by atoms with Gasteiger partial charge in [0.25, 0.3) is 0 Å². The first-order chi connectivity index (χ1) is 11.8. The lowest BCUT2D eigenvalue weighted by Gasteiger charge is -2.19. The van der Waals surface area contributed by atoms with Gasteiger partial charge in [-0.25, -0.2) is 0 Å². The van der Waals surface area contributed by atoms with E-state index in [4.69, 9.17) is 0 Å². The van der Waals surface area contributed by atoms with E-state index in [9.17, 15) is 4.79 Å². The summed E-state index contributed by atoms with van der Waals surface area (Å²) in [6.45, 7) is 1.54. The third-order valence-electron chi connectivity index (χ3n) is 4.72. The van der Waals surface area contributed by atoms with Crippen molar-refractivity contribution in [1.29, 1.82) is 0 Å². The van der Waals surface area contributed by atoms with Gasteiger partial charge in [-0.15, -0.1) is 0 Å². The minimum atomic E-state index is -0.0653. The topological polar surface area (TPSA) is 54.0 Å². The van der Waals surface area contributed by atoms with Gasteiger partial charge in [0.1, 0.15) is 0 Å². The number of nitrogens with one attached hydrogen (secondary N) is 2. The van der Waals surface area contributed by atoms with Gasteiger partial charge in [0.2, 0.25) is 5.91 Å². The summed E-state index contributed by atoms with van der Waals surface area (Å²) in [4.78, 5) is 17.0. The molecule has 0 aliphatic carbocycles. The molecule has 120 valence electrons. The predicted molar refractivity (Wildman–Crippen MR) is 95.9 cm³/mol. The smallest absolute Gasteiger partial charge is 0.229 e. The maximum atomic E-state index is 12.9. The lowest BCUT2D eigenvalue weighted by molar-refractivity contribution is -0.119. The summed E-state index contributed by atoms with van der Waals surface area (Å²) in [5, 5.41) is 8.52. The maximum absolute atomic E-state index is 12.9. The molecule has 0 radical (unpaired) electrons. The molecule has 1 amide bonds. The molecule has 1 fully saturated rings. The Morgan fingerprint density at radius 2 is 1.92 bits per heavy atom. The lowest BCUT2D eigenvalue weighted by Crippen LogP contribution is -2.28. The van der Waals surface area contributed by atoms with Crippen molar-refractivity contribution in [1.82, 2.24) is 10.3 Å². The number of aromatic nitrogens is 1. The minimum absolute atomic E-state index is 0.0653. The van der Waals surface area contributed by atoms with Crippen molar-refractivity contribution >= 4 is 22.4 Å². The molecule has 2 atom stereocenters. The summed E-state index contributed by atoms with van der Waals surface area (Å²) >= 11 is 0. The second kappa shape index (κ2) is 6.42. The van der Waals surface area contributed by atoms with E-state index in [-0.39, 0.29) is 17.7 Å². The number of carbonyl (C=O) groups is 1. The van der Waals surface area contributed by atoms with Crippen LogP contribution in [0.1, 0.15) is 11.5 Å². The second-order valence-corrected chi connectivity index (χ2v) is 6.17. The zero-order valence-electron chi connectivity index (χ0n) is 13.3. The Labute approximate surface area is 140 Å². The highest BCUT2D eigenvalue weighted by atomic mass is 16.1. The summed E-state index contributed by atoms with van der Waals surface area (Å²) < 4.78 is 0. The van der Waals surface area contributed by atoms with Crippen LogP contribution in [0.15, 0.2) is 67.0 Å². The highest BCUT2D eigenvalue weighted by molar-refractivity contribution is 6.02. The van der Waals surface area contributed by atoms with Gasteiger partial charge in [0.05, 0.1) is 5.92 Å². The van der Waals surface area contributed by atoms with E-state index < -0.39 is 0 Å². The Balaban J connectivity index is 1.59. The third kappa shape index (κ3) is 2.76. The number of anilines is 1. The molecule has 1 aliphatic rings. The molecule has 0 spiro atoms. The Morgan fingerprint density at radius 3 is 2.79 bits per heavy atom. The average Bonchev–Trinajstić information content (AvgIpc) is 3.13. The van der Waals surface area contributed by atoms with E-state index in [1.807, 2.05) is 48.7 Å². The Morgan fingerprint density at radius 1 is 1.04 bits per heavy atom. The molecule has 3 aromatic rings. The van der Waals surface area contributed by atoms with E-state index in [0.29, 0.717) is 6.54 Å². The summed E-state index contributed by atoms with van der Waals surface area (Å²) in [6.07, 6.45) is 3.57. The van der Waals surface area contributed by atoms with E-state index >= 15 is 0 Å². The van der Waals surface area contributed by atoms with Crippen LogP contribution in [0.2, 0.25) is 0 Å².